The molecule has 31 heavy (non-hydrogen) atoms. The smallest absolute Gasteiger partial charge is 0.295 e. The average Bonchev–Trinajstić information content (AvgIpc) is 2.99. The molecule has 1 N–H and O–H groups in total. The fourth-order valence-electron chi connectivity index (χ4n) is 3.65. The van der Waals surface area contributed by atoms with E-state index in [1.807, 2.05) is 44.2 Å². The Bertz CT molecular complexity index is 1010. The van der Waals surface area contributed by atoms with E-state index in [-0.39, 0.29) is 11.3 Å². The summed E-state index contributed by atoms with van der Waals surface area (Å²) in [6.07, 6.45) is 0.705. The molecule has 2 aromatic rings. The van der Waals surface area contributed by atoms with Crippen molar-refractivity contribution in [2.75, 3.05) is 13.2 Å². The number of halogens is 1. The van der Waals surface area contributed by atoms with E-state index in [4.69, 9.17) is 4.74 Å². The van der Waals surface area contributed by atoms with Gasteiger partial charge in [-0.2, -0.15) is 0 Å². The number of Topliss-reactive ketones (excluding diaryl/α,β-unsaturated/α-hetero) is 1. The van der Waals surface area contributed by atoms with Crippen molar-refractivity contribution >= 4 is 33.4 Å². The van der Waals surface area contributed by atoms with Gasteiger partial charge in [-0.3, -0.25) is 9.59 Å². The van der Waals surface area contributed by atoms with Gasteiger partial charge in [-0.05, 0) is 54.7 Å². The number of aliphatic hydroxyl groups excluding tert-OH is 1. The third kappa shape index (κ3) is 4.85. The number of hydrogen-bond donors (Lipinski definition) is 1. The first-order chi connectivity index (χ1) is 14.7. The highest BCUT2D eigenvalue weighted by Gasteiger charge is 2.45. The Morgan fingerprint density at radius 2 is 1.84 bits per heavy atom. The number of carbonyl (C=O) groups excluding carboxylic acids is 2. The lowest BCUT2D eigenvalue weighted by molar-refractivity contribution is -0.139. The zero-order valence-electron chi connectivity index (χ0n) is 18.3. The maximum Gasteiger partial charge on any atom is 0.295 e. The molecule has 0 aromatic heterocycles. The summed E-state index contributed by atoms with van der Waals surface area (Å²) in [4.78, 5) is 27.3. The molecule has 0 saturated carbocycles. The number of hydrogen-bond acceptors (Lipinski definition) is 4. The fourth-order valence-corrected chi connectivity index (χ4v) is 3.90. The van der Waals surface area contributed by atoms with E-state index in [1.165, 1.54) is 0 Å². The van der Waals surface area contributed by atoms with Crippen LogP contribution in [0.2, 0.25) is 0 Å². The number of aryl methyl sites for hydroxylation is 1. The van der Waals surface area contributed by atoms with Gasteiger partial charge in [0.2, 0.25) is 0 Å². The minimum absolute atomic E-state index is 0.121. The molecule has 1 unspecified atom stereocenters. The molecule has 1 saturated heterocycles. The second-order valence-corrected chi connectivity index (χ2v) is 9.08. The first-order valence-electron chi connectivity index (χ1n) is 10.5. The zero-order chi connectivity index (χ0) is 22.7. The lowest BCUT2D eigenvalue weighted by atomic mass is 9.95. The van der Waals surface area contributed by atoms with Crippen LogP contribution in [0.1, 0.15) is 49.9 Å². The van der Waals surface area contributed by atoms with Crippen molar-refractivity contribution in [2.45, 2.75) is 40.2 Å². The van der Waals surface area contributed by atoms with Gasteiger partial charge in [0.25, 0.3) is 11.7 Å². The SMILES string of the molecule is CCCN1C(=O)C(=O)/C(=C(\O)c2ccc(Br)c(C)c2)C1c1ccc(OCC(C)C)cc1. The van der Waals surface area contributed by atoms with Crippen LogP contribution in [-0.2, 0) is 9.59 Å². The molecule has 164 valence electrons. The summed E-state index contributed by atoms with van der Waals surface area (Å²) in [5, 5.41) is 11.1. The second-order valence-electron chi connectivity index (χ2n) is 8.23. The van der Waals surface area contributed by atoms with E-state index in [0.29, 0.717) is 31.1 Å². The van der Waals surface area contributed by atoms with Crippen LogP contribution in [-0.4, -0.2) is 34.8 Å². The summed E-state index contributed by atoms with van der Waals surface area (Å²) in [7, 11) is 0. The quantitative estimate of drug-likeness (QED) is 0.313. The summed E-state index contributed by atoms with van der Waals surface area (Å²) in [5.74, 6) is -0.254. The monoisotopic (exact) mass is 485 g/mol. The van der Waals surface area contributed by atoms with Gasteiger partial charge in [0.05, 0.1) is 18.2 Å². The largest absolute Gasteiger partial charge is 0.507 e. The third-order valence-electron chi connectivity index (χ3n) is 5.22. The summed E-state index contributed by atoms with van der Waals surface area (Å²) in [5.41, 5.74) is 2.32. The molecule has 2 aromatic carbocycles. The highest BCUT2D eigenvalue weighted by atomic mass is 79.9. The molecule has 1 fully saturated rings. The number of ketones is 1. The highest BCUT2D eigenvalue weighted by molar-refractivity contribution is 9.10. The standard InChI is InChI=1S/C25H28BrNO4/c1-5-12-27-22(17-6-9-19(10-7-17)31-14-15(2)3)21(24(29)25(27)30)23(28)18-8-11-20(26)16(4)13-18/h6-11,13,15,22,28H,5,12,14H2,1-4H3/b23-21-. The number of nitrogens with zero attached hydrogens (tertiary/aromatic N) is 1. The first-order valence-corrected chi connectivity index (χ1v) is 11.3. The summed E-state index contributed by atoms with van der Waals surface area (Å²) in [6, 6.07) is 12.1. The van der Waals surface area contributed by atoms with Crippen LogP contribution >= 0.6 is 15.9 Å². The predicted molar refractivity (Wildman–Crippen MR) is 125 cm³/mol. The van der Waals surface area contributed by atoms with Crippen LogP contribution < -0.4 is 4.74 Å². The van der Waals surface area contributed by atoms with Crippen LogP contribution in [0.25, 0.3) is 5.76 Å². The minimum atomic E-state index is -0.656. The van der Waals surface area contributed by atoms with Gasteiger partial charge >= 0.3 is 0 Å². The van der Waals surface area contributed by atoms with Crippen LogP contribution in [0, 0.1) is 12.8 Å². The number of ether oxygens (including phenoxy) is 1. The molecule has 1 amide bonds. The summed E-state index contributed by atoms with van der Waals surface area (Å²) < 4.78 is 6.66. The van der Waals surface area contributed by atoms with Gasteiger partial charge in [0, 0.05) is 16.6 Å². The number of rotatable bonds is 7. The number of likely N-dealkylation sites (tertiary alicyclic amines) is 1. The van der Waals surface area contributed by atoms with E-state index in [1.54, 1.807) is 17.0 Å². The third-order valence-corrected chi connectivity index (χ3v) is 6.10. The molecule has 6 heteroatoms. The maximum atomic E-state index is 12.9. The van der Waals surface area contributed by atoms with Crippen molar-refractivity contribution in [3.63, 3.8) is 0 Å². The number of carbonyl (C=O) groups is 2. The fraction of sp³-hybridized carbons (Fsp3) is 0.360. The van der Waals surface area contributed by atoms with E-state index in [2.05, 4.69) is 29.8 Å². The predicted octanol–water partition coefficient (Wildman–Crippen LogP) is 5.62. The Morgan fingerprint density at radius 3 is 2.42 bits per heavy atom. The molecule has 0 radical (unpaired) electrons. The van der Waals surface area contributed by atoms with Gasteiger partial charge in [-0.1, -0.05) is 54.9 Å². The molecule has 1 heterocycles. The second kappa shape index (κ2) is 9.69. The van der Waals surface area contributed by atoms with Crippen molar-refractivity contribution in [1.29, 1.82) is 0 Å². The average molecular weight is 486 g/mol. The van der Waals surface area contributed by atoms with Gasteiger partial charge < -0.3 is 14.7 Å². The number of amides is 1. The van der Waals surface area contributed by atoms with Gasteiger partial charge in [0.15, 0.2) is 0 Å². The molecular formula is C25H28BrNO4. The van der Waals surface area contributed by atoms with Gasteiger partial charge in [-0.15, -0.1) is 0 Å². The normalized spacial score (nSPS) is 18.1. The lowest BCUT2D eigenvalue weighted by Gasteiger charge is -2.25. The van der Waals surface area contributed by atoms with E-state index in [0.717, 1.165) is 21.3 Å². The minimum Gasteiger partial charge on any atom is -0.507 e. The maximum absolute atomic E-state index is 12.9. The van der Waals surface area contributed by atoms with Crippen LogP contribution in [0.3, 0.4) is 0 Å². The van der Waals surface area contributed by atoms with Crippen molar-refractivity contribution in [1.82, 2.24) is 4.90 Å². The van der Waals surface area contributed by atoms with Gasteiger partial charge in [-0.25, -0.2) is 0 Å². The highest BCUT2D eigenvalue weighted by Crippen LogP contribution is 2.40. The Morgan fingerprint density at radius 1 is 1.16 bits per heavy atom. The zero-order valence-corrected chi connectivity index (χ0v) is 19.9. The molecule has 0 bridgehead atoms. The van der Waals surface area contributed by atoms with Crippen molar-refractivity contribution < 1.29 is 19.4 Å². The molecule has 1 aliphatic heterocycles. The molecule has 5 nitrogen and oxygen atoms in total. The van der Waals surface area contributed by atoms with Gasteiger partial charge in [0.1, 0.15) is 11.5 Å². The summed E-state index contributed by atoms with van der Waals surface area (Å²) >= 11 is 3.45. The molecule has 0 aliphatic carbocycles. The van der Waals surface area contributed by atoms with Crippen molar-refractivity contribution in [3.05, 3.63) is 69.2 Å². The Kier molecular flexibility index (Phi) is 7.21. The van der Waals surface area contributed by atoms with E-state index in [9.17, 15) is 14.7 Å². The number of benzene rings is 2. The Labute approximate surface area is 191 Å². The Balaban J connectivity index is 2.07. The molecule has 0 spiro atoms. The topological polar surface area (TPSA) is 66.8 Å². The lowest BCUT2D eigenvalue weighted by Crippen LogP contribution is -2.30. The van der Waals surface area contributed by atoms with E-state index < -0.39 is 17.7 Å². The number of aliphatic hydroxyl groups is 1. The van der Waals surface area contributed by atoms with E-state index >= 15 is 0 Å². The molecule has 3 rings (SSSR count). The van der Waals surface area contributed by atoms with Crippen LogP contribution in [0.15, 0.2) is 52.5 Å². The van der Waals surface area contributed by atoms with Crippen LogP contribution in [0.4, 0.5) is 0 Å². The molecule has 1 aliphatic rings. The first kappa shape index (κ1) is 23.1. The van der Waals surface area contributed by atoms with Crippen LogP contribution in [0.5, 0.6) is 5.75 Å². The summed E-state index contributed by atoms with van der Waals surface area (Å²) in [6.45, 7) is 9.06. The Hall–Kier alpha value is -2.60. The molecular weight excluding hydrogens is 458 g/mol. The molecule has 1 atom stereocenters. The van der Waals surface area contributed by atoms with Crippen molar-refractivity contribution in [3.8, 4) is 5.75 Å². The van der Waals surface area contributed by atoms with Crippen molar-refractivity contribution in [2.24, 2.45) is 5.92 Å².